The van der Waals surface area contributed by atoms with E-state index in [4.69, 9.17) is 0 Å². The fourth-order valence-electron chi connectivity index (χ4n) is 3.82. The highest BCUT2D eigenvalue weighted by Gasteiger charge is 2.35. The predicted octanol–water partition coefficient (Wildman–Crippen LogP) is 2.92. The van der Waals surface area contributed by atoms with E-state index >= 15 is 0 Å². The van der Waals surface area contributed by atoms with Gasteiger partial charge in [0.15, 0.2) is 0 Å². The molecule has 2 aliphatic heterocycles. The Labute approximate surface area is 152 Å². The lowest BCUT2D eigenvalue weighted by Gasteiger charge is -2.25. The van der Waals surface area contributed by atoms with Crippen LogP contribution in [0.25, 0.3) is 10.9 Å². The molecule has 4 rings (SSSR count). The summed E-state index contributed by atoms with van der Waals surface area (Å²) in [4.78, 5) is 6.99. The van der Waals surface area contributed by atoms with E-state index in [9.17, 15) is 5.11 Å². The molecule has 0 radical (unpaired) electrons. The van der Waals surface area contributed by atoms with Crippen LogP contribution in [0.2, 0.25) is 0 Å². The number of para-hydroxylation sites is 1. The zero-order valence-corrected chi connectivity index (χ0v) is 15.4. The normalized spacial score (nSPS) is 26.7. The summed E-state index contributed by atoms with van der Waals surface area (Å²) >= 11 is 4.13. The van der Waals surface area contributed by atoms with Crippen molar-refractivity contribution in [1.29, 1.82) is 0 Å². The third kappa shape index (κ3) is 3.59. The van der Waals surface area contributed by atoms with Gasteiger partial charge in [-0.1, -0.05) is 18.2 Å². The van der Waals surface area contributed by atoms with Gasteiger partial charge in [0, 0.05) is 59.6 Å². The van der Waals surface area contributed by atoms with Crippen molar-refractivity contribution in [3.05, 3.63) is 42.1 Å². The molecular weight excluding hydrogens is 336 g/mol. The molecule has 0 spiro atoms. The highest BCUT2D eigenvalue weighted by atomic mass is 32.2. The lowest BCUT2D eigenvalue weighted by atomic mass is 9.94. The molecule has 0 bridgehead atoms. The average Bonchev–Trinajstić information content (AvgIpc) is 2.82. The summed E-state index contributed by atoms with van der Waals surface area (Å²) in [6, 6.07) is 11.1. The molecule has 2 fully saturated rings. The molecule has 2 aromatic rings. The number of fused-ring (bicyclic) bond motifs is 1. The molecule has 2 aliphatic rings. The highest BCUT2D eigenvalue weighted by molar-refractivity contribution is 8.03. The van der Waals surface area contributed by atoms with Crippen molar-refractivity contribution in [3.8, 4) is 0 Å². The Bertz CT molecular complexity index is 683. The van der Waals surface area contributed by atoms with Crippen molar-refractivity contribution >= 4 is 34.4 Å². The number of aliphatic hydroxyl groups excluding tert-OH is 1. The first kappa shape index (κ1) is 16.7. The van der Waals surface area contributed by atoms with Gasteiger partial charge in [0.1, 0.15) is 0 Å². The summed E-state index contributed by atoms with van der Waals surface area (Å²) < 4.78 is 0. The molecule has 1 aromatic carbocycles. The summed E-state index contributed by atoms with van der Waals surface area (Å²) in [5, 5.41) is 11.9. The quantitative estimate of drug-likeness (QED) is 0.911. The summed E-state index contributed by atoms with van der Waals surface area (Å²) in [6.45, 7) is 1.85. The van der Waals surface area contributed by atoms with Crippen molar-refractivity contribution in [2.24, 2.45) is 5.92 Å². The fourth-order valence-corrected chi connectivity index (χ4v) is 6.44. The summed E-state index contributed by atoms with van der Waals surface area (Å²) in [6.07, 6.45) is 2.62. The van der Waals surface area contributed by atoms with Crippen molar-refractivity contribution in [2.45, 2.75) is 18.6 Å². The number of thioether (sulfide) groups is 2. The molecule has 128 valence electrons. The predicted molar refractivity (Wildman–Crippen MR) is 105 cm³/mol. The van der Waals surface area contributed by atoms with E-state index in [-0.39, 0.29) is 6.10 Å². The van der Waals surface area contributed by atoms with Crippen LogP contribution in [-0.2, 0) is 6.42 Å². The first-order valence-electron chi connectivity index (χ1n) is 8.71. The molecule has 24 heavy (non-hydrogen) atoms. The molecule has 3 nitrogen and oxygen atoms in total. The Morgan fingerprint density at radius 3 is 2.71 bits per heavy atom. The van der Waals surface area contributed by atoms with Gasteiger partial charge in [-0.2, -0.15) is 23.5 Å². The molecule has 2 saturated heterocycles. The van der Waals surface area contributed by atoms with E-state index < -0.39 is 0 Å². The van der Waals surface area contributed by atoms with Gasteiger partial charge in [0.2, 0.25) is 0 Å². The lowest BCUT2D eigenvalue weighted by Crippen LogP contribution is -2.37. The minimum atomic E-state index is -0.213. The summed E-state index contributed by atoms with van der Waals surface area (Å²) in [5.74, 6) is 5.29. The molecule has 5 heteroatoms. The smallest absolute Gasteiger partial charge is 0.0710 e. The number of aliphatic hydroxyl groups is 1. The zero-order chi connectivity index (χ0) is 16.4. The second kappa shape index (κ2) is 7.65. The van der Waals surface area contributed by atoms with Gasteiger partial charge >= 0.3 is 0 Å². The first-order chi connectivity index (χ1) is 11.8. The van der Waals surface area contributed by atoms with E-state index in [1.165, 1.54) is 34.0 Å². The number of rotatable bonds is 3. The van der Waals surface area contributed by atoms with Crippen LogP contribution in [0.4, 0.5) is 0 Å². The summed E-state index contributed by atoms with van der Waals surface area (Å²) in [5.41, 5.74) is 2.37. The van der Waals surface area contributed by atoms with Crippen molar-refractivity contribution in [2.75, 3.05) is 36.1 Å². The fraction of sp³-hybridized carbons (Fsp3) is 0.526. The Kier molecular flexibility index (Phi) is 5.32. The second-order valence-electron chi connectivity index (χ2n) is 6.78. The van der Waals surface area contributed by atoms with Gasteiger partial charge < -0.3 is 5.11 Å². The largest absolute Gasteiger partial charge is 0.391 e. The van der Waals surface area contributed by atoms with Crippen LogP contribution < -0.4 is 0 Å². The van der Waals surface area contributed by atoms with Crippen molar-refractivity contribution < 1.29 is 5.11 Å². The van der Waals surface area contributed by atoms with Crippen molar-refractivity contribution in [3.63, 3.8) is 0 Å². The maximum atomic E-state index is 10.6. The van der Waals surface area contributed by atoms with Gasteiger partial charge in [0.25, 0.3) is 0 Å². The minimum Gasteiger partial charge on any atom is -0.391 e. The number of hydrogen-bond donors (Lipinski definition) is 1. The van der Waals surface area contributed by atoms with Crippen LogP contribution in [0.3, 0.4) is 0 Å². The lowest BCUT2D eigenvalue weighted by molar-refractivity contribution is 0.139. The standard InChI is InChI=1S/C19H24N2OS2/c22-19-11-21(16-12-23-7-8-24-13-16)10-15(19)9-14-5-6-20-18-4-2-1-3-17(14)18/h1-6,15-16,19,22H,7-13H2/t15-,19-/m1/s1. The Balaban J connectivity index is 1.48. The van der Waals surface area contributed by atoms with Gasteiger partial charge in [0.05, 0.1) is 11.6 Å². The highest BCUT2D eigenvalue weighted by Crippen LogP contribution is 2.29. The van der Waals surface area contributed by atoms with E-state index in [2.05, 4.69) is 57.7 Å². The van der Waals surface area contributed by atoms with Gasteiger partial charge in [-0.25, -0.2) is 0 Å². The van der Waals surface area contributed by atoms with Crippen LogP contribution in [0.15, 0.2) is 36.5 Å². The maximum absolute atomic E-state index is 10.6. The SMILES string of the molecule is O[C@@H]1CN(C2CSCCSC2)C[C@H]1Cc1ccnc2ccccc12. The van der Waals surface area contributed by atoms with Crippen LogP contribution in [0.1, 0.15) is 5.56 Å². The molecule has 3 heterocycles. The van der Waals surface area contributed by atoms with Crippen LogP contribution >= 0.6 is 23.5 Å². The van der Waals surface area contributed by atoms with Crippen molar-refractivity contribution in [1.82, 2.24) is 9.88 Å². The number of likely N-dealkylation sites (tertiary alicyclic amines) is 1. The van der Waals surface area contributed by atoms with Gasteiger partial charge in [-0.15, -0.1) is 0 Å². The van der Waals surface area contributed by atoms with Crippen LogP contribution in [-0.4, -0.2) is 63.2 Å². The molecular formula is C19H24N2OS2. The Hall–Kier alpha value is -0.750. The number of β-amino-alcohol motifs (C(OH)–C–C–N with tert-alkyl or cyclic N) is 1. The average molecular weight is 361 g/mol. The Morgan fingerprint density at radius 2 is 1.88 bits per heavy atom. The number of benzene rings is 1. The third-order valence-corrected chi connectivity index (χ3v) is 7.65. The number of nitrogens with zero attached hydrogens (tertiary/aromatic N) is 2. The Morgan fingerprint density at radius 1 is 1.08 bits per heavy atom. The van der Waals surface area contributed by atoms with Gasteiger partial charge in [-0.05, 0) is 24.1 Å². The molecule has 1 N–H and O–H groups in total. The molecule has 0 amide bonds. The second-order valence-corrected chi connectivity index (χ2v) is 9.08. The van der Waals surface area contributed by atoms with Crippen LogP contribution in [0.5, 0.6) is 0 Å². The molecule has 0 aliphatic carbocycles. The van der Waals surface area contributed by atoms with Gasteiger partial charge in [-0.3, -0.25) is 9.88 Å². The van der Waals surface area contributed by atoms with E-state index in [1.807, 2.05) is 12.3 Å². The number of pyridine rings is 1. The topological polar surface area (TPSA) is 36.4 Å². The van der Waals surface area contributed by atoms with E-state index in [0.717, 1.165) is 25.0 Å². The molecule has 1 aromatic heterocycles. The monoisotopic (exact) mass is 360 g/mol. The molecule has 2 atom stereocenters. The van der Waals surface area contributed by atoms with E-state index in [1.54, 1.807) is 0 Å². The van der Waals surface area contributed by atoms with E-state index in [0.29, 0.717) is 12.0 Å². The third-order valence-electron chi connectivity index (χ3n) is 5.17. The molecule has 0 unspecified atom stereocenters. The number of aromatic nitrogens is 1. The first-order valence-corrected chi connectivity index (χ1v) is 11.0. The zero-order valence-electron chi connectivity index (χ0n) is 13.8. The maximum Gasteiger partial charge on any atom is 0.0710 e. The molecule has 0 saturated carbocycles. The summed E-state index contributed by atoms with van der Waals surface area (Å²) in [7, 11) is 0. The number of hydrogen-bond acceptors (Lipinski definition) is 5. The minimum absolute atomic E-state index is 0.213. The van der Waals surface area contributed by atoms with Crippen LogP contribution in [0, 0.1) is 5.92 Å².